The van der Waals surface area contributed by atoms with Crippen LogP contribution in [0.5, 0.6) is 0 Å². The Hall–Kier alpha value is -2.84. The maximum Gasteiger partial charge on any atom is 0.286 e. The zero-order chi connectivity index (χ0) is 20.7. The highest BCUT2D eigenvalue weighted by atomic mass is 79.9. The lowest BCUT2D eigenvalue weighted by molar-refractivity contribution is 0.0704. The minimum atomic E-state index is -0.438. The van der Waals surface area contributed by atoms with E-state index in [4.69, 9.17) is 9.72 Å². The largest absolute Gasteiger partial charge is 0.381 e. The molecule has 30 heavy (non-hydrogen) atoms. The van der Waals surface area contributed by atoms with Gasteiger partial charge in [0.05, 0.1) is 17.6 Å². The number of benzene rings is 2. The van der Waals surface area contributed by atoms with Crippen LogP contribution in [0, 0.1) is 5.82 Å². The monoisotopic (exact) mass is 468 g/mol. The summed E-state index contributed by atoms with van der Waals surface area (Å²) in [5.41, 5.74) is 1.27. The van der Waals surface area contributed by atoms with E-state index in [1.54, 1.807) is 36.7 Å². The number of hydrogen-bond donors (Lipinski definition) is 0. The lowest BCUT2D eigenvalue weighted by atomic mass is 10.1. The number of nitrogens with zero attached hydrogens (tertiary/aromatic N) is 4. The quantitative estimate of drug-likeness (QED) is 0.443. The third-order valence-electron chi connectivity index (χ3n) is 5.38. The van der Waals surface area contributed by atoms with Gasteiger partial charge in [-0.1, -0.05) is 28.1 Å². The van der Waals surface area contributed by atoms with Crippen molar-refractivity contribution in [3.63, 3.8) is 0 Å². The van der Waals surface area contributed by atoms with E-state index in [-0.39, 0.29) is 28.5 Å². The molecule has 5 rings (SSSR count). The summed E-state index contributed by atoms with van der Waals surface area (Å²) in [4.78, 5) is 22.7. The van der Waals surface area contributed by atoms with Crippen LogP contribution in [0.2, 0.25) is 0 Å². The first kappa shape index (κ1) is 19.1. The second kappa shape index (κ2) is 7.77. The lowest BCUT2D eigenvalue weighted by Gasteiger charge is -2.23. The Morgan fingerprint density at radius 2 is 1.80 bits per heavy atom. The number of imidazole rings is 1. The molecule has 1 aliphatic rings. The highest BCUT2D eigenvalue weighted by Crippen LogP contribution is 2.28. The lowest BCUT2D eigenvalue weighted by Crippen LogP contribution is -2.24. The molecule has 0 saturated carbocycles. The minimum Gasteiger partial charge on any atom is -0.381 e. The molecule has 0 bridgehead atoms. The Morgan fingerprint density at radius 1 is 1.07 bits per heavy atom. The molecule has 152 valence electrons. The first-order valence-electron chi connectivity index (χ1n) is 9.71. The second-order valence-electron chi connectivity index (χ2n) is 7.20. The molecule has 0 unspecified atom stereocenters. The van der Waals surface area contributed by atoms with Gasteiger partial charge in [0.1, 0.15) is 5.82 Å². The van der Waals surface area contributed by atoms with Crippen LogP contribution in [-0.2, 0) is 4.74 Å². The van der Waals surface area contributed by atoms with Crippen molar-refractivity contribution in [1.29, 1.82) is 0 Å². The molecule has 1 saturated heterocycles. The number of aromatic nitrogens is 4. The zero-order valence-electron chi connectivity index (χ0n) is 16.0. The summed E-state index contributed by atoms with van der Waals surface area (Å²) in [5.74, 6) is -0.187. The normalized spacial score (nSPS) is 15.0. The zero-order valence-corrected chi connectivity index (χ0v) is 17.5. The van der Waals surface area contributed by atoms with E-state index in [0.29, 0.717) is 24.5 Å². The molecule has 2 aromatic carbocycles. The molecule has 3 heterocycles. The highest BCUT2D eigenvalue weighted by Gasteiger charge is 2.23. The van der Waals surface area contributed by atoms with Crippen molar-refractivity contribution in [2.24, 2.45) is 0 Å². The van der Waals surface area contributed by atoms with E-state index >= 15 is 0 Å². The number of rotatable bonds is 3. The fourth-order valence-corrected chi connectivity index (χ4v) is 4.12. The number of fused-ring (bicyclic) bond motifs is 1. The maximum absolute atomic E-state index is 14.7. The third kappa shape index (κ3) is 3.26. The molecule has 2 aromatic heterocycles. The number of ether oxygens (including phenoxy) is 1. The smallest absolute Gasteiger partial charge is 0.286 e. The van der Waals surface area contributed by atoms with E-state index in [9.17, 15) is 9.18 Å². The molecule has 0 radical (unpaired) electrons. The van der Waals surface area contributed by atoms with Crippen LogP contribution in [-0.4, -0.2) is 32.3 Å². The van der Waals surface area contributed by atoms with Crippen LogP contribution < -0.4 is 5.56 Å². The molecule has 8 heteroatoms. The van der Waals surface area contributed by atoms with Crippen LogP contribution in [0.1, 0.15) is 18.9 Å². The van der Waals surface area contributed by atoms with E-state index in [2.05, 4.69) is 20.9 Å². The molecule has 0 atom stereocenters. The highest BCUT2D eigenvalue weighted by molar-refractivity contribution is 9.10. The van der Waals surface area contributed by atoms with E-state index in [0.717, 1.165) is 17.3 Å². The van der Waals surface area contributed by atoms with E-state index in [1.807, 2.05) is 16.7 Å². The van der Waals surface area contributed by atoms with E-state index < -0.39 is 5.82 Å². The summed E-state index contributed by atoms with van der Waals surface area (Å²) >= 11 is 3.41. The fraction of sp³-hybridized carbons (Fsp3) is 0.227. The maximum atomic E-state index is 14.7. The summed E-state index contributed by atoms with van der Waals surface area (Å²) in [6.45, 7) is 1.31. The number of hydrogen-bond acceptors (Lipinski definition) is 4. The Kier molecular flexibility index (Phi) is 4.96. The molecule has 6 nitrogen and oxygen atoms in total. The molecule has 4 aromatic rings. The van der Waals surface area contributed by atoms with Gasteiger partial charge in [0.15, 0.2) is 17.0 Å². The van der Waals surface area contributed by atoms with E-state index in [1.165, 1.54) is 10.6 Å². The molecule has 0 N–H and O–H groups in total. The summed E-state index contributed by atoms with van der Waals surface area (Å²) in [6.07, 6.45) is 3.29. The van der Waals surface area contributed by atoms with Crippen LogP contribution >= 0.6 is 15.9 Å². The van der Waals surface area contributed by atoms with Crippen molar-refractivity contribution in [2.75, 3.05) is 13.2 Å². The molecule has 1 fully saturated rings. The van der Waals surface area contributed by atoms with Crippen molar-refractivity contribution in [2.45, 2.75) is 18.9 Å². The summed E-state index contributed by atoms with van der Waals surface area (Å²) < 4.78 is 24.4. The first-order chi connectivity index (χ1) is 14.6. The SMILES string of the molecule is O=c1c2ncn(C3CCOCC3)c2nc(-c2ccccc2F)n1-c1ccc(Br)cc1. The molecular weight excluding hydrogens is 451 g/mol. The Morgan fingerprint density at radius 3 is 2.53 bits per heavy atom. The van der Waals surface area contributed by atoms with Gasteiger partial charge in [0.25, 0.3) is 5.56 Å². The van der Waals surface area contributed by atoms with Gasteiger partial charge in [-0.3, -0.25) is 9.36 Å². The molecular formula is C22H18BrFN4O2. The van der Waals surface area contributed by atoms with Gasteiger partial charge < -0.3 is 9.30 Å². The van der Waals surface area contributed by atoms with Gasteiger partial charge in [0, 0.05) is 23.7 Å². The molecule has 0 amide bonds. The van der Waals surface area contributed by atoms with Crippen molar-refractivity contribution in [1.82, 2.24) is 19.1 Å². The Balaban J connectivity index is 1.81. The average Bonchev–Trinajstić information content (AvgIpc) is 3.20. The summed E-state index contributed by atoms with van der Waals surface area (Å²) in [7, 11) is 0. The summed E-state index contributed by atoms with van der Waals surface area (Å²) in [6, 6.07) is 13.7. The first-order valence-corrected chi connectivity index (χ1v) is 10.5. The fourth-order valence-electron chi connectivity index (χ4n) is 3.85. The Labute approximate surface area is 180 Å². The average molecular weight is 469 g/mol. The van der Waals surface area contributed by atoms with Crippen molar-refractivity contribution in [3.05, 3.63) is 75.5 Å². The topological polar surface area (TPSA) is 61.9 Å². The Bertz CT molecular complexity index is 1280. The van der Waals surface area contributed by atoms with Crippen LogP contribution in [0.3, 0.4) is 0 Å². The van der Waals surface area contributed by atoms with Crippen molar-refractivity contribution >= 4 is 27.1 Å². The van der Waals surface area contributed by atoms with Crippen LogP contribution in [0.25, 0.3) is 28.2 Å². The van der Waals surface area contributed by atoms with Gasteiger partial charge in [-0.15, -0.1) is 0 Å². The number of halogens is 2. The van der Waals surface area contributed by atoms with Crippen molar-refractivity contribution < 1.29 is 9.13 Å². The minimum absolute atomic E-state index is 0.146. The molecule has 1 aliphatic heterocycles. The van der Waals surface area contributed by atoms with Gasteiger partial charge in [-0.25, -0.2) is 14.4 Å². The predicted molar refractivity (Wildman–Crippen MR) is 115 cm³/mol. The van der Waals surface area contributed by atoms with Crippen LogP contribution in [0.15, 0.2) is 64.1 Å². The van der Waals surface area contributed by atoms with Crippen LogP contribution in [0.4, 0.5) is 4.39 Å². The second-order valence-corrected chi connectivity index (χ2v) is 8.12. The van der Waals surface area contributed by atoms with Crippen molar-refractivity contribution in [3.8, 4) is 17.1 Å². The standard InChI is InChI=1S/C22H18BrFN4O2/c23-14-5-7-16(8-6-14)28-20(17-3-1-2-4-18(17)24)26-21-19(22(28)29)25-13-27(21)15-9-11-30-12-10-15/h1-8,13,15H,9-12H2. The summed E-state index contributed by atoms with van der Waals surface area (Å²) in [5, 5.41) is 0. The van der Waals surface area contributed by atoms with Gasteiger partial charge in [0.2, 0.25) is 0 Å². The van der Waals surface area contributed by atoms with Gasteiger partial charge in [-0.05, 0) is 49.2 Å². The predicted octanol–water partition coefficient (Wildman–Crippen LogP) is 4.50. The molecule has 0 spiro atoms. The van der Waals surface area contributed by atoms with Gasteiger partial charge >= 0.3 is 0 Å². The van der Waals surface area contributed by atoms with Gasteiger partial charge in [-0.2, -0.15) is 0 Å². The third-order valence-corrected chi connectivity index (χ3v) is 5.91. The molecule has 0 aliphatic carbocycles.